The van der Waals surface area contributed by atoms with Gasteiger partial charge in [-0.05, 0) is 38.5 Å². The highest BCUT2D eigenvalue weighted by Gasteiger charge is 2.08. The summed E-state index contributed by atoms with van der Waals surface area (Å²) >= 11 is 0. The van der Waals surface area contributed by atoms with Crippen molar-refractivity contribution in [3.8, 4) is 0 Å². The van der Waals surface area contributed by atoms with Gasteiger partial charge in [0.1, 0.15) is 0 Å². The molecule has 0 fully saturated rings. The molecule has 0 atom stereocenters. The first kappa shape index (κ1) is 12.5. The third kappa shape index (κ3) is 3.04. The maximum absolute atomic E-state index is 12.2. The number of ketones is 1. The Bertz CT molecular complexity index is 550. The van der Waals surface area contributed by atoms with Crippen LogP contribution in [0.4, 0.5) is 0 Å². The smallest absolute Gasteiger partial charge is 0.167 e. The lowest BCUT2D eigenvalue weighted by Crippen LogP contribution is -2.05. The number of Topliss-reactive ketones (excluding diaryl/α,β-unsaturated/α-hetero) is 1. The number of pyridine rings is 1. The molecule has 0 saturated heterocycles. The summed E-state index contributed by atoms with van der Waals surface area (Å²) in [6.45, 7) is 5.87. The standard InChI is InChI=1S/C16H17NO/c1-11-4-6-14(7-5-11)10-16(18)15-8-12(2)17-13(3)9-15/h4-9H,10H2,1-3H3. The molecule has 1 heterocycles. The van der Waals surface area contributed by atoms with Crippen molar-refractivity contribution in [3.63, 3.8) is 0 Å². The van der Waals surface area contributed by atoms with E-state index in [2.05, 4.69) is 4.98 Å². The van der Waals surface area contributed by atoms with Crippen molar-refractivity contribution in [2.45, 2.75) is 27.2 Å². The average Bonchev–Trinajstić information content (AvgIpc) is 2.31. The van der Waals surface area contributed by atoms with Gasteiger partial charge in [-0.2, -0.15) is 0 Å². The Kier molecular flexibility index (Phi) is 3.56. The van der Waals surface area contributed by atoms with E-state index in [0.717, 1.165) is 22.5 Å². The summed E-state index contributed by atoms with van der Waals surface area (Å²) in [6, 6.07) is 11.8. The van der Waals surface area contributed by atoms with Crippen LogP contribution < -0.4 is 0 Å². The van der Waals surface area contributed by atoms with E-state index in [1.807, 2.05) is 57.2 Å². The van der Waals surface area contributed by atoms with Crippen molar-refractivity contribution in [1.29, 1.82) is 0 Å². The summed E-state index contributed by atoms with van der Waals surface area (Å²) in [6.07, 6.45) is 0.448. The summed E-state index contributed by atoms with van der Waals surface area (Å²) in [5, 5.41) is 0. The van der Waals surface area contributed by atoms with Crippen molar-refractivity contribution >= 4 is 5.78 Å². The van der Waals surface area contributed by atoms with E-state index in [9.17, 15) is 4.79 Å². The van der Waals surface area contributed by atoms with Crippen LogP contribution in [0.25, 0.3) is 0 Å². The molecule has 0 amide bonds. The summed E-state index contributed by atoms with van der Waals surface area (Å²) < 4.78 is 0. The molecule has 1 aromatic carbocycles. The largest absolute Gasteiger partial charge is 0.294 e. The molecule has 2 nitrogen and oxygen atoms in total. The minimum Gasteiger partial charge on any atom is -0.294 e. The summed E-state index contributed by atoms with van der Waals surface area (Å²) in [5.74, 6) is 0.146. The SMILES string of the molecule is Cc1ccc(CC(=O)c2cc(C)nc(C)c2)cc1. The predicted molar refractivity (Wildman–Crippen MR) is 72.9 cm³/mol. The molecule has 0 aliphatic carbocycles. The molecule has 1 aromatic heterocycles. The lowest BCUT2D eigenvalue weighted by atomic mass is 10.0. The molecule has 0 saturated carbocycles. The maximum Gasteiger partial charge on any atom is 0.167 e. The van der Waals surface area contributed by atoms with E-state index in [-0.39, 0.29) is 5.78 Å². The molecule has 2 heteroatoms. The fraction of sp³-hybridized carbons (Fsp3) is 0.250. The molecule has 0 aliphatic rings. The number of hydrogen-bond acceptors (Lipinski definition) is 2. The third-order valence-electron chi connectivity index (χ3n) is 2.89. The van der Waals surface area contributed by atoms with Gasteiger partial charge in [-0.1, -0.05) is 29.8 Å². The molecule has 0 aliphatic heterocycles. The number of nitrogens with zero attached hydrogens (tertiary/aromatic N) is 1. The van der Waals surface area contributed by atoms with Gasteiger partial charge in [0.25, 0.3) is 0 Å². The Morgan fingerprint density at radius 3 is 2.11 bits per heavy atom. The first-order valence-corrected chi connectivity index (χ1v) is 6.08. The van der Waals surface area contributed by atoms with Crippen LogP contribution in [0, 0.1) is 20.8 Å². The second-order valence-electron chi connectivity index (χ2n) is 4.72. The molecule has 0 N–H and O–H groups in total. The van der Waals surface area contributed by atoms with Gasteiger partial charge in [0.05, 0.1) is 0 Å². The molecule has 0 spiro atoms. The third-order valence-corrected chi connectivity index (χ3v) is 2.89. The summed E-state index contributed by atoms with van der Waals surface area (Å²) in [5.41, 5.74) is 4.80. The Morgan fingerprint density at radius 1 is 1.00 bits per heavy atom. The van der Waals surface area contributed by atoms with Gasteiger partial charge >= 0.3 is 0 Å². The second kappa shape index (κ2) is 5.13. The zero-order chi connectivity index (χ0) is 13.1. The number of aromatic nitrogens is 1. The van der Waals surface area contributed by atoms with Crippen molar-refractivity contribution in [3.05, 3.63) is 64.5 Å². The summed E-state index contributed by atoms with van der Waals surface area (Å²) in [7, 11) is 0. The van der Waals surface area contributed by atoms with Gasteiger partial charge in [0.15, 0.2) is 5.78 Å². The van der Waals surface area contributed by atoms with Crippen LogP contribution in [0.1, 0.15) is 32.9 Å². The zero-order valence-corrected chi connectivity index (χ0v) is 11.0. The number of rotatable bonds is 3. The van der Waals surface area contributed by atoms with E-state index < -0.39 is 0 Å². The monoisotopic (exact) mass is 239 g/mol. The first-order valence-electron chi connectivity index (χ1n) is 6.08. The number of hydrogen-bond donors (Lipinski definition) is 0. The minimum absolute atomic E-state index is 0.146. The van der Waals surface area contributed by atoms with Crippen LogP contribution in [-0.2, 0) is 6.42 Å². The van der Waals surface area contributed by atoms with Crippen molar-refractivity contribution in [2.24, 2.45) is 0 Å². The highest BCUT2D eigenvalue weighted by atomic mass is 16.1. The summed E-state index contributed by atoms with van der Waals surface area (Å²) in [4.78, 5) is 16.5. The van der Waals surface area contributed by atoms with Crippen molar-refractivity contribution < 1.29 is 4.79 Å². The van der Waals surface area contributed by atoms with E-state index in [1.165, 1.54) is 5.56 Å². The first-order chi connectivity index (χ1) is 8.54. The van der Waals surface area contributed by atoms with Crippen LogP contribution in [0.15, 0.2) is 36.4 Å². The molecule has 2 rings (SSSR count). The Balaban J connectivity index is 2.19. The average molecular weight is 239 g/mol. The van der Waals surface area contributed by atoms with Gasteiger partial charge in [-0.15, -0.1) is 0 Å². The Morgan fingerprint density at radius 2 is 1.56 bits per heavy atom. The van der Waals surface area contributed by atoms with Crippen LogP contribution in [0.5, 0.6) is 0 Å². The maximum atomic E-state index is 12.2. The molecular weight excluding hydrogens is 222 g/mol. The van der Waals surface area contributed by atoms with Gasteiger partial charge in [-0.25, -0.2) is 0 Å². The molecule has 0 unspecified atom stereocenters. The van der Waals surface area contributed by atoms with Crippen LogP contribution in [0.2, 0.25) is 0 Å². The molecule has 18 heavy (non-hydrogen) atoms. The number of carbonyl (C=O) groups excluding carboxylic acids is 1. The Hall–Kier alpha value is -1.96. The molecule has 0 radical (unpaired) electrons. The van der Waals surface area contributed by atoms with E-state index >= 15 is 0 Å². The molecule has 2 aromatic rings. The molecule has 0 bridgehead atoms. The zero-order valence-electron chi connectivity index (χ0n) is 11.0. The van der Waals surface area contributed by atoms with Gasteiger partial charge in [0.2, 0.25) is 0 Å². The normalized spacial score (nSPS) is 10.4. The van der Waals surface area contributed by atoms with Crippen molar-refractivity contribution in [1.82, 2.24) is 4.98 Å². The molecule has 92 valence electrons. The number of carbonyl (C=O) groups is 1. The van der Waals surface area contributed by atoms with E-state index in [4.69, 9.17) is 0 Å². The fourth-order valence-corrected chi connectivity index (χ4v) is 1.99. The fourth-order valence-electron chi connectivity index (χ4n) is 1.99. The van der Waals surface area contributed by atoms with Gasteiger partial charge in [0, 0.05) is 23.4 Å². The van der Waals surface area contributed by atoms with Crippen LogP contribution >= 0.6 is 0 Å². The Labute approximate surface area is 108 Å². The predicted octanol–water partition coefficient (Wildman–Crippen LogP) is 3.43. The lowest BCUT2D eigenvalue weighted by molar-refractivity contribution is 0.0992. The highest BCUT2D eigenvalue weighted by Crippen LogP contribution is 2.11. The van der Waals surface area contributed by atoms with Gasteiger partial charge < -0.3 is 0 Å². The van der Waals surface area contributed by atoms with Crippen LogP contribution in [-0.4, -0.2) is 10.8 Å². The van der Waals surface area contributed by atoms with Crippen molar-refractivity contribution in [2.75, 3.05) is 0 Å². The van der Waals surface area contributed by atoms with Gasteiger partial charge in [-0.3, -0.25) is 9.78 Å². The number of benzene rings is 1. The quantitative estimate of drug-likeness (QED) is 0.768. The molecular formula is C16H17NO. The van der Waals surface area contributed by atoms with E-state index in [0.29, 0.717) is 6.42 Å². The topological polar surface area (TPSA) is 30.0 Å². The number of aryl methyl sites for hydroxylation is 3. The second-order valence-corrected chi connectivity index (χ2v) is 4.72. The minimum atomic E-state index is 0.146. The lowest BCUT2D eigenvalue weighted by Gasteiger charge is -2.04. The van der Waals surface area contributed by atoms with Crippen LogP contribution in [0.3, 0.4) is 0 Å². The van der Waals surface area contributed by atoms with E-state index in [1.54, 1.807) is 0 Å². The highest BCUT2D eigenvalue weighted by molar-refractivity contribution is 5.97.